The Bertz CT molecular complexity index is 525. The van der Waals surface area contributed by atoms with Crippen molar-refractivity contribution >= 4 is 40.6 Å². The second kappa shape index (κ2) is 6.95. The molecule has 0 saturated carbocycles. The smallest absolute Gasteiger partial charge is 0.255 e. The van der Waals surface area contributed by atoms with E-state index in [2.05, 4.69) is 4.99 Å². The van der Waals surface area contributed by atoms with E-state index < -0.39 is 0 Å². The topological polar surface area (TPSA) is 58.7 Å². The van der Waals surface area contributed by atoms with E-state index >= 15 is 0 Å². The zero-order valence-corrected chi connectivity index (χ0v) is 12.6. The molecule has 1 amide bonds. The van der Waals surface area contributed by atoms with Crippen molar-refractivity contribution in [3.05, 3.63) is 28.8 Å². The third kappa shape index (κ3) is 3.64. The summed E-state index contributed by atoms with van der Waals surface area (Å²) in [5.74, 6) is 0.458. The number of nitrogens with two attached hydrogens (primary N) is 1. The highest BCUT2D eigenvalue weighted by atomic mass is 35.5. The summed E-state index contributed by atoms with van der Waals surface area (Å²) >= 11 is 11.8. The lowest BCUT2D eigenvalue weighted by Crippen LogP contribution is -2.35. The standard InChI is InChI=1S/C14H17Cl2N3O/c15-9-13(17)18-10-4-5-11(12(16)8-10)14(20)19-6-2-1-3-7-19/h4-5,8H,1-3,6-7,9H2,(H2,17,18). The van der Waals surface area contributed by atoms with Crippen molar-refractivity contribution in [2.24, 2.45) is 10.7 Å². The van der Waals surface area contributed by atoms with Gasteiger partial charge in [-0.15, -0.1) is 11.6 Å². The minimum absolute atomic E-state index is 0.0180. The van der Waals surface area contributed by atoms with Crippen LogP contribution >= 0.6 is 23.2 Å². The Morgan fingerprint density at radius 1 is 1.30 bits per heavy atom. The number of amides is 1. The summed E-state index contributed by atoms with van der Waals surface area (Å²) in [7, 11) is 0. The average molecular weight is 314 g/mol. The predicted molar refractivity (Wildman–Crippen MR) is 83.2 cm³/mol. The molecule has 1 aliphatic rings. The maximum Gasteiger partial charge on any atom is 0.255 e. The molecule has 1 fully saturated rings. The molecule has 1 heterocycles. The van der Waals surface area contributed by atoms with Gasteiger partial charge in [0.2, 0.25) is 0 Å². The number of halogens is 2. The number of likely N-dealkylation sites (tertiary alicyclic amines) is 1. The van der Waals surface area contributed by atoms with Crippen molar-refractivity contribution in [3.8, 4) is 0 Å². The maximum absolute atomic E-state index is 12.4. The Kier molecular flexibility index (Phi) is 5.26. The lowest BCUT2D eigenvalue weighted by Gasteiger charge is -2.27. The number of benzene rings is 1. The highest BCUT2D eigenvalue weighted by Gasteiger charge is 2.20. The number of carbonyl (C=O) groups excluding carboxylic acids is 1. The zero-order valence-electron chi connectivity index (χ0n) is 11.1. The molecular formula is C14H17Cl2N3O. The highest BCUT2D eigenvalue weighted by Crippen LogP contribution is 2.25. The molecule has 1 aliphatic heterocycles. The molecule has 0 radical (unpaired) electrons. The van der Waals surface area contributed by atoms with Crippen LogP contribution in [0.1, 0.15) is 29.6 Å². The van der Waals surface area contributed by atoms with Crippen LogP contribution in [-0.2, 0) is 0 Å². The first-order chi connectivity index (χ1) is 9.61. The molecule has 1 aromatic carbocycles. The van der Waals surface area contributed by atoms with Crippen LogP contribution in [0.25, 0.3) is 0 Å². The summed E-state index contributed by atoms with van der Waals surface area (Å²) in [6.07, 6.45) is 3.29. The molecule has 0 bridgehead atoms. The Hall–Kier alpha value is -1.26. The summed E-state index contributed by atoms with van der Waals surface area (Å²) in [4.78, 5) is 18.3. The van der Waals surface area contributed by atoms with E-state index in [1.807, 2.05) is 4.90 Å². The molecule has 2 rings (SSSR count). The van der Waals surface area contributed by atoms with Gasteiger partial charge >= 0.3 is 0 Å². The summed E-state index contributed by atoms with van der Waals surface area (Å²) in [5, 5.41) is 0.393. The number of piperidine rings is 1. The van der Waals surface area contributed by atoms with E-state index in [4.69, 9.17) is 28.9 Å². The van der Waals surface area contributed by atoms with Crippen LogP contribution in [0.15, 0.2) is 23.2 Å². The van der Waals surface area contributed by atoms with Crippen molar-refractivity contribution in [2.75, 3.05) is 19.0 Å². The number of rotatable bonds is 3. The number of carbonyl (C=O) groups is 1. The molecule has 108 valence electrons. The van der Waals surface area contributed by atoms with Gasteiger partial charge in [0, 0.05) is 13.1 Å². The van der Waals surface area contributed by atoms with Crippen LogP contribution in [-0.4, -0.2) is 35.6 Å². The maximum atomic E-state index is 12.4. The van der Waals surface area contributed by atoms with Crippen LogP contribution in [0.2, 0.25) is 5.02 Å². The number of hydrogen-bond acceptors (Lipinski definition) is 2. The van der Waals surface area contributed by atoms with Crippen LogP contribution in [0.4, 0.5) is 5.69 Å². The molecule has 1 saturated heterocycles. The lowest BCUT2D eigenvalue weighted by atomic mass is 10.1. The number of hydrogen-bond donors (Lipinski definition) is 1. The van der Waals surface area contributed by atoms with Crippen LogP contribution in [0, 0.1) is 0 Å². The van der Waals surface area contributed by atoms with Crippen molar-refractivity contribution in [1.29, 1.82) is 0 Å². The molecular weight excluding hydrogens is 297 g/mol. The largest absolute Gasteiger partial charge is 0.386 e. The second-order valence-electron chi connectivity index (χ2n) is 4.75. The van der Waals surface area contributed by atoms with Gasteiger partial charge in [0.25, 0.3) is 5.91 Å². The number of amidine groups is 1. The van der Waals surface area contributed by atoms with Crippen molar-refractivity contribution < 1.29 is 4.79 Å². The zero-order chi connectivity index (χ0) is 14.5. The monoisotopic (exact) mass is 313 g/mol. The fourth-order valence-corrected chi connectivity index (χ4v) is 2.53. The van der Waals surface area contributed by atoms with E-state index in [1.54, 1.807) is 18.2 Å². The molecule has 1 aromatic rings. The predicted octanol–water partition coefficient (Wildman–Crippen LogP) is 3.19. The van der Waals surface area contributed by atoms with Crippen molar-refractivity contribution in [3.63, 3.8) is 0 Å². The Morgan fingerprint density at radius 2 is 2.00 bits per heavy atom. The van der Waals surface area contributed by atoms with Crippen LogP contribution in [0.5, 0.6) is 0 Å². The first-order valence-corrected chi connectivity index (χ1v) is 7.51. The van der Waals surface area contributed by atoms with Crippen LogP contribution in [0.3, 0.4) is 0 Å². The minimum atomic E-state index is -0.0180. The molecule has 2 N–H and O–H groups in total. The van der Waals surface area contributed by atoms with Gasteiger partial charge in [-0.3, -0.25) is 4.79 Å². The summed E-state index contributed by atoms with van der Waals surface area (Å²) < 4.78 is 0. The van der Waals surface area contributed by atoms with E-state index in [-0.39, 0.29) is 11.8 Å². The summed E-state index contributed by atoms with van der Waals surface area (Å²) in [6, 6.07) is 5.06. The van der Waals surface area contributed by atoms with E-state index in [0.29, 0.717) is 22.1 Å². The molecule has 0 aliphatic carbocycles. The van der Waals surface area contributed by atoms with Crippen molar-refractivity contribution in [2.45, 2.75) is 19.3 Å². The third-order valence-corrected chi connectivity index (χ3v) is 3.82. The normalized spacial score (nSPS) is 16.3. The van der Waals surface area contributed by atoms with Gasteiger partial charge in [0.1, 0.15) is 5.84 Å². The molecule has 0 aromatic heterocycles. The molecule has 6 heteroatoms. The van der Waals surface area contributed by atoms with E-state index in [0.717, 1.165) is 25.9 Å². The van der Waals surface area contributed by atoms with Gasteiger partial charge in [0.05, 0.1) is 22.2 Å². The fourth-order valence-electron chi connectivity index (χ4n) is 2.21. The van der Waals surface area contributed by atoms with Gasteiger partial charge in [-0.1, -0.05) is 11.6 Å². The molecule has 20 heavy (non-hydrogen) atoms. The van der Waals surface area contributed by atoms with E-state index in [1.165, 1.54) is 6.42 Å². The fraction of sp³-hybridized carbons (Fsp3) is 0.429. The average Bonchev–Trinajstić information content (AvgIpc) is 2.47. The molecule has 0 atom stereocenters. The lowest BCUT2D eigenvalue weighted by molar-refractivity contribution is 0.0724. The van der Waals surface area contributed by atoms with Gasteiger partial charge in [-0.2, -0.15) is 0 Å². The quantitative estimate of drug-likeness (QED) is 0.529. The van der Waals surface area contributed by atoms with Gasteiger partial charge in [-0.25, -0.2) is 4.99 Å². The number of alkyl halides is 1. The molecule has 0 spiro atoms. The van der Waals surface area contributed by atoms with E-state index in [9.17, 15) is 4.79 Å². The van der Waals surface area contributed by atoms with Crippen LogP contribution < -0.4 is 5.73 Å². The SMILES string of the molecule is NC(CCl)=Nc1ccc(C(=O)N2CCCCC2)c(Cl)c1. The highest BCUT2D eigenvalue weighted by molar-refractivity contribution is 6.34. The summed E-state index contributed by atoms with van der Waals surface area (Å²) in [5.41, 5.74) is 6.68. The van der Waals surface area contributed by atoms with Gasteiger partial charge in [0.15, 0.2) is 0 Å². The number of nitrogens with zero attached hydrogens (tertiary/aromatic N) is 2. The third-order valence-electron chi connectivity index (χ3n) is 3.24. The first kappa shape index (κ1) is 15.1. The Labute approximate surface area is 128 Å². The molecule has 4 nitrogen and oxygen atoms in total. The minimum Gasteiger partial charge on any atom is -0.386 e. The summed E-state index contributed by atoms with van der Waals surface area (Å²) in [6.45, 7) is 1.60. The molecule has 0 unspecified atom stereocenters. The Morgan fingerprint density at radius 3 is 2.60 bits per heavy atom. The second-order valence-corrected chi connectivity index (χ2v) is 5.43. The van der Waals surface area contributed by atoms with Gasteiger partial charge < -0.3 is 10.6 Å². The van der Waals surface area contributed by atoms with Gasteiger partial charge in [-0.05, 0) is 37.5 Å². The number of aliphatic imine (C=N–C) groups is 1. The first-order valence-electron chi connectivity index (χ1n) is 6.59. The van der Waals surface area contributed by atoms with Crippen molar-refractivity contribution in [1.82, 2.24) is 4.90 Å². The Balaban J connectivity index is 2.18.